The molecule has 0 aliphatic heterocycles. The van der Waals surface area contributed by atoms with Gasteiger partial charge >= 0.3 is 6.18 Å². The van der Waals surface area contributed by atoms with E-state index in [0.717, 1.165) is 31.9 Å². The van der Waals surface area contributed by atoms with Gasteiger partial charge in [0.15, 0.2) is 0 Å². The van der Waals surface area contributed by atoms with Crippen LogP contribution in [0.3, 0.4) is 0 Å². The molecule has 1 aromatic rings. The highest BCUT2D eigenvalue weighted by Crippen LogP contribution is 2.48. The van der Waals surface area contributed by atoms with Gasteiger partial charge in [-0.3, -0.25) is 0 Å². The van der Waals surface area contributed by atoms with E-state index in [1.165, 1.54) is 12.1 Å². The van der Waals surface area contributed by atoms with Crippen LogP contribution < -0.4 is 5.32 Å². The molecule has 1 fully saturated rings. The van der Waals surface area contributed by atoms with Crippen LogP contribution in [0, 0.1) is 5.41 Å². The summed E-state index contributed by atoms with van der Waals surface area (Å²) in [5, 5.41) is 3.24. The van der Waals surface area contributed by atoms with Crippen molar-refractivity contribution in [3.8, 4) is 0 Å². The fraction of sp³-hybridized carbons (Fsp3) is 0.571. The van der Waals surface area contributed by atoms with E-state index in [-0.39, 0.29) is 0 Å². The zero-order valence-electron chi connectivity index (χ0n) is 10.6. The summed E-state index contributed by atoms with van der Waals surface area (Å²) in [5.74, 6) is 0.644. The van der Waals surface area contributed by atoms with Crippen molar-refractivity contribution >= 4 is 11.6 Å². The highest BCUT2D eigenvalue weighted by Gasteiger charge is 2.41. The molecule has 1 nitrogen and oxygen atoms in total. The molecule has 0 atom stereocenters. The van der Waals surface area contributed by atoms with Crippen LogP contribution in [-0.2, 0) is 12.7 Å². The van der Waals surface area contributed by atoms with E-state index < -0.39 is 11.7 Å². The van der Waals surface area contributed by atoms with Crippen molar-refractivity contribution in [1.29, 1.82) is 0 Å². The first kappa shape index (κ1) is 14.7. The molecule has 5 heteroatoms. The summed E-state index contributed by atoms with van der Waals surface area (Å²) in [6.07, 6.45) is -0.971. The van der Waals surface area contributed by atoms with Crippen molar-refractivity contribution < 1.29 is 13.2 Å². The normalized spacial score (nSPS) is 17.5. The molecule has 0 unspecified atom stereocenters. The van der Waals surface area contributed by atoms with Crippen LogP contribution in [0.15, 0.2) is 24.3 Å². The molecule has 0 spiro atoms. The Morgan fingerprint density at radius 1 is 1.26 bits per heavy atom. The summed E-state index contributed by atoms with van der Waals surface area (Å²) in [6, 6.07) is 5.46. The second kappa shape index (κ2) is 5.71. The molecule has 19 heavy (non-hydrogen) atoms. The summed E-state index contributed by atoms with van der Waals surface area (Å²) in [6.45, 7) is 1.30. The number of nitrogens with one attached hydrogen (secondary N) is 1. The third-order valence-corrected chi connectivity index (χ3v) is 3.85. The summed E-state index contributed by atoms with van der Waals surface area (Å²) in [5.41, 5.74) is 0.369. The van der Waals surface area contributed by atoms with Crippen LogP contribution in [-0.4, -0.2) is 12.4 Å². The summed E-state index contributed by atoms with van der Waals surface area (Å²) in [7, 11) is 0. The maximum atomic E-state index is 12.6. The number of alkyl halides is 4. The smallest absolute Gasteiger partial charge is 0.312 e. The van der Waals surface area contributed by atoms with Gasteiger partial charge in [-0.05, 0) is 36.3 Å². The summed E-state index contributed by atoms with van der Waals surface area (Å²) < 4.78 is 37.7. The number of hydrogen-bond acceptors (Lipinski definition) is 1. The monoisotopic (exact) mass is 291 g/mol. The third kappa shape index (κ3) is 4.11. The minimum atomic E-state index is -4.27. The first-order valence-corrected chi connectivity index (χ1v) is 6.91. The number of rotatable bonds is 6. The van der Waals surface area contributed by atoms with Crippen LogP contribution in [0.4, 0.5) is 13.2 Å². The van der Waals surface area contributed by atoms with Crippen molar-refractivity contribution in [2.75, 3.05) is 12.4 Å². The van der Waals surface area contributed by atoms with Crippen molar-refractivity contribution in [3.05, 3.63) is 35.4 Å². The van der Waals surface area contributed by atoms with Crippen LogP contribution in [0.25, 0.3) is 0 Å². The van der Waals surface area contributed by atoms with E-state index in [2.05, 4.69) is 5.32 Å². The maximum Gasteiger partial charge on any atom is 0.416 e. The molecule has 0 radical (unpaired) electrons. The lowest BCUT2D eigenvalue weighted by molar-refractivity contribution is -0.137. The molecule has 2 rings (SSSR count). The topological polar surface area (TPSA) is 12.0 Å². The van der Waals surface area contributed by atoms with Gasteiger partial charge in [-0.15, -0.1) is 11.6 Å². The van der Waals surface area contributed by atoms with Gasteiger partial charge in [0, 0.05) is 19.0 Å². The second-order valence-electron chi connectivity index (χ2n) is 5.24. The van der Waals surface area contributed by atoms with Gasteiger partial charge in [0.05, 0.1) is 5.56 Å². The predicted octanol–water partition coefficient (Wildman–Crippen LogP) is 4.20. The number of halogens is 4. The lowest BCUT2D eigenvalue weighted by atomic mass is 10.0. The van der Waals surface area contributed by atoms with E-state index in [1.807, 2.05) is 0 Å². The van der Waals surface area contributed by atoms with Gasteiger partial charge in [0.1, 0.15) is 0 Å². The molecule has 1 aliphatic carbocycles. The molecular weight excluding hydrogens is 275 g/mol. The summed E-state index contributed by atoms with van der Waals surface area (Å²) >= 11 is 5.74. The lowest BCUT2D eigenvalue weighted by Gasteiger charge is -2.15. The molecule has 0 heterocycles. The minimum absolute atomic E-state index is 0.295. The Labute approximate surface area is 116 Å². The van der Waals surface area contributed by atoms with Crippen molar-refractivity contribution in [1.82, 2.24) is 5.32 Å². The van der Waals surface area contributed by atoms with Gasteiger partial charge < -0.3 is 5.32 Å². The Hall–Kier alpha value is -0.740. The molecule has 106 valence electrons. The fourth-order valence-electron chi connectivity index (χ4n) is 2.22. The van der Waals surface area contributed by atoms with Crippen LogP contribution in [0.5, 0.6) is 0 Å². The number of hydrogen-bond donors (Lipinski definition) is 1. The van der Waals surface area contributed by atoms with E-state index >= 15 is 0 Å². The largest absolute Gasteiger partial charge is 0.416 e. The Morgan fingerprint density at radius 2 is 2.00 bits per heavy atom. The minimum Gasteiger partial charge on any atom is -0.312 e. The molecule has 1 saturated carbocycles. The van der Waals surface area contributed by atoms with Crippen molar-refractivity contribution in [2.24, 2.45) is 5.41 Å². The molecule has 1 N–H and O–H groups in total. The average molecular weight is 292 g/mol. The average Bonchev–Trinajstić information content (AvgIpc) is 3.09. The van der Waals surface area contributed by atoms with Crippen LogP contribution in [0.1, 0.15) is 30.4 Å². The zero-order valence-corrected chi connectivity index (χ0v) is 11.3. The maximum absolute atomic E-state index is 12.6. The molecule has 0 aromatic heterocycles. The third-order valence-electron chi connectivity index (χ3n) is 3.67. The van der Waals surface area contributed by atoms with Crippen molar-refractivity contribution in [2.45, 2.75) is 32.0 Å². The van der Waals surface area contributed by atoms with E-state index in [9.17, 15) is 13.2 Å². The van der Waals surface area contributed by atoms with Gasteiger partial charge in [-0.1, -0.05) is 18.2 Å². The molecule has 0 amide bonds. The predicted molar refractivity (Wildman–Crippen MR) is 70.2 cm³/mol. The molecule has 0 bridgehead atoms. The van der Waals surface area contributed by atoms with Gasteiger partial charge in [-0.2, -0.15) is 13.2 Å². The molecule has 0 saturated heterocycles. The Kier molecular flexibility index (Phi) is 4.41. The first-order valence-electron chi connectivity index (χ1n) is 6.38. The van der Waals surface area contributed by atoms with E-state index in [0.29, 0.717) is 23.4 Å². The summed E-state index contributed by atoms with van der Waals surface area (Å²) in [4.78, 5) is 0. The fourth-order valence-corrected chi connectivity index (χ4v) is 2.62. The second-order valence-corrected chi connectivity index (χ2v) is 5.62. The highest BCUT2D eigenvalue weighted by atomic mass is 35.5. The Bertz CT molecular complexity index is 427. The molecular formula is C14H17ClF3N. The molecule has 1 aliphatic rings. The quantitative estimate of drug-likeness (QED) is 0.775. The van der Waals surface area contributed by atoms with E-state index in [4.69, 9.17) is 11.6 Å². The Morgan fingerprint density at radius 3 is 2.58 bits per heavy atom. The lowest BCUT2D eigenvalue weighted by Crippen LogP contribution is -2.24. The van der Waals surface area contributed by atoms with Gasteiger partial charge in [0.25, 0.3) is 0 Å². The van der Waals surface area contributed by atoms with Gasteiger partial charge in [0.2, 0.25) is 0 Å². The van der Waals surface area contributed by atoms with Crippen LogP contribution in [0.2, 0.25) is 0 Å². The highest BCUT2D eigenvalue weighted by molar-refractivity contribution is 6.17. The SMILES string of the molecule is FC(F)(F)c1cccc(CNCC2(CCCl)CC2)c1. The zero-order chi connectivity index (χ0) is 13.9. The standard InChI is InChI=1S/C14H17ClF3N/c15-7-6-13(4-5-13)10-19-9-11-2-1-3-12(8-11)14(16,17)18/h1-3,8,19H,4-7,9-10H2. The van der Waals surface area contributed by atoms with Gasteiger partial charge in [-0.25, -0.2) is 0 Å². The first-order chi connectivity index (χ1) is 8.95. The van der Waals surface area contributed by atoms with Crippen LogP contribution >= 0.6 is 11.6 Å². The number of benzene rings is 1. The Balaban J connectivity index is 1.86. The van der Waals surface area contributed by atoms with E-state index in [1.54, 1.807) is 6.07 Å². The van der Waals surface area contributed by atoms with Crippen molar-refractivity contribution in [3.63, 3.8) is 0 Å². The molecule has 1 aromatic carbocycles.